The summed E-state index contributed by atoms with van der Waals surface area (Å²) in [7, 11) is 0. The number of rotatable bonds is 13. The minimum Gasteiger partial charge on any atom is -0.494 e. The number of anilines is 1. The van der Waals surface area contributed by atoms with Gasteiger partial charge in [0.2, 0.25) is 0 Å². The molecule has 0 radical (unpaired) electrons. The Morgan fingerprint density at radius 3 is 2.79 bits per heavy atom. The van der Waals surface area contributed by atoms with Gasteiger partial charge in [0.05, 0.1) is 18.8 Å². The summed E-state index contributed by atoms with van der Waals surface area (Å²) < 4.78 is 11.4. The van der Waals surface area contributed by atoms with Gasteiger partial charge in [0.15, 0.2) is 0 Å². The summed E-state index contributed by atoms with van der Waals surface area (Å²) in [6.45, 7) is 7.59. The average Bonchev–Trinajstić information content (AvgIpc) is 2.71. The highest BCUT2D eigenvalue weighted by Crippen LogP contribution is 2.24. The maximum atomic E-state index is 11.7. The summed E-state index contributed by atoms with van der Waals surface area (Å²) in [5.74, 6) is 0.758. The van der Waals surface area contributed by atoms with Crippen molar-refractivity contribution in [3.8, 4) is 5.75 Å². The third kappa shape index (κ3) is 8.71. The Morgan fingerprint density at radius 1 is 1.17 bits per heavy atom. The van der Waals surface area contributed by atoms with E-state index in [9.17, 15) is 4.79 Å². The van der Waals surface area contributed by atoms with Gasteiger partial charge in [-0.25, -0.2) is 0 Å². The Hall–Kier alpha value is -2.30. The molecule has 0 N–H and O–H groups in total. The number of unbranched alkanes of at least 4 members (excludes halogenated alkanes) is 4. The monoisotopic (exact) mass is 400 g/mol. The summed E-state index contributed by atoms with van der Waals surface area (Å²) in [6.07, 6.45) is 11.8. The van der Waals surface area contributed by atoms with E-state index in [1.54, 1.807) is 0 Å². The normalized spacial score (nSPS) is 14.4. The van der Waals surface area contributed by atoms with Crippen LogP contribution in [0.25, 0.3) is 0 Å². The van der Waals surface area contributed by atoms with Crippen LogP contribution in [0.3, 0.4) is 0 Å². The molecule has 0 saturated carbocycles. The molecule has 0 aromatic heterocycles. The Labute approximate surface area is 175 Å². The van der Waals surface area contributed by atoms with E-state index in [1.807, 2.05) is 38.4 Å². The molecule has 1 aliphatic rings. The third-order valence-electron chi connectivity index (χ3n) is 4.79. The number of esters is 1. The summed E-state index contributed by atoms with van der Waals surface area (Å²) >= 11 is 0. The fraction of sp³-hybridized carbons (Fsp3) is 0.583. The van der Waals surface area contributed by atoms with Gasteiger partial charge in [0.25, 0.3) is 0 Å². The van der Waals surface area contributed by atoms with Gasteiger partial charge >= 0.3 is 5.97 Å². The highest BCUT2D eigenvalue weighted by Gasteiger charge is 2.15. The van der Waals surface area contributed by atoms with E-state index in [2.05, 4.69) is 28.9 Å². The molecule has 0 bridgehead atoms. The molecular weight excluding hydrogens is 364 g/mol. The van der Waals surface area contributed by atoms with Gasteiger partial charge in [0, 0.05) is 37.0 Å². The molecular formula is C24H36N2O3. The molecule has 29 heavy (non-hydrogen) atoms. The first-order valence-electron chi connectivity index (χ1n) is 11.0. The standard InChI is InChI=1S/C24H36N2O3/c1-4-6-7-8-9-16-28-23-13-10-12-22(18-23)26-15-14-25-21(19-26)17-20(3)29-24(27)11-5-2/h10,12-14,18-20H,4-9,11,15-17H2,1-3H3. The number of aliphatic imine (C=N–C) groups is 1. The van der Waals surface area contributed by atoms with Gasteiger partial charge in [0.1, 0.15) is 11.9 Å². The number of carbonyl (C=O) groups excluding carboxylic acids is 1. The largest absolute Gasteiger partial charge is 0.494 e. The molecule has 1 aromatic carbocycles. The predicted molar refractivity (Wildman–Crippen MR) is 120 cm³/mol. The maximum absolute atomic E-state index is 11.7. The zero-order valence-corrected chi connectivity index (χ0v) is 18.2. The molecule has 1 atom stereocenters. The minimum absolute atomic E-state index is 0.142. The smallest absolute Gasteiger partial charge is 0.306 e. The third-order valence-corrected chi connectivity index (χ3v) is 4.79. The van der Waals surface area contributed by atoms with E-state index >= 15 is 0 Å². The second kappa shape index (κ2) is 13.0. The van der Waals surface area contributed by atoms with Crippen LogP contribution in [0.5, 0.6) is 5.75 Å². The van der Waals surface area contributed by atoms with E-state index in [1.165, 1.54) is 25.7 Å². The minimum atomic E-state index is -0.181. The highest BCUT2D eigenvalue weighted by molar-refractivity contribution is 5.71. The molecule has 1 aliphatic heterocycles. The summed E-state index contributed by atoms with van der Waals surface area (Å²) in [6, 6.07) is 8.18. The van der Waals surface area contributed by atoms with E-state index < -0.39 is 0 Å². The van der Waals surface area contributed by atoms with Crippen LogP contribution in [0, 0.1) is 0 Å². The van der Waals surface area contributed by atoms with E-state index in [-0.39, 0.29) is 12.1 Å². The van der Waals surface area contributed by atoms with Crippen LogP contribution in [-0.4, -0.2) is 31.4 Å². The highest BCUT2D eigenvalue weighted by atomic mass is 16.5. The SMILES string of the molecule is CCCCCCCOc1cccc(N2C=C(CC(C)OC(=O)CCC)N=CC2)c1. The molecule has 1 aromatic rings. The van der Waals surface area contributed by atoms with Crippen molar-refractivity contribution in [1.29, 1.82) is 0 Å². The van der Waals surface area contributed by atoms with Crippen molar-refractivity contribution in [1.82, 2.24) is 0 Å². The molecule has 0 fully saturated rings. The van der Waals surface area contributed by atoms with Crippen molar-refractivity contribution in [3.63, 3.8) is 0 Å². The maximum Gasteiger partial charge on any atom is 0.306 e. The van der Waals surface area contributed by atoms with Gasteiger partial charge in [-0.1, -0.05) is 45.6 Å². The first-order valence-corrected chi connectivity index (χ1v) is 11.0. The summed E-state index contributed by atoms with van der Waals surface area (Å²) in [4.78, 5) is 18.3. The Bertz CT molecular complexity index is 684. The number of ether oxygens (including phenoxy) is 2. The Morgan fingerprint density at radius 2 is 2.00 bits per heavy atom. The van der Waals surface area contributed by atoms with E-state index in [0.717, 1.165) is 36.6 Å². The fourth-order valence-corrected chi connectivity index (χ4v) is 3.27. The van der Waals surface area contributed by atoms with Gasteiger partial charge in [-0.05, 0) is 31.9 Å². The molecule has 0 spiro atoms. The zero-order valence-electron chi connectivity index (χ0n) is 18.2. The van der Waals surface area contributed by atoms with E-state index in [4.69, 9.17) is 9.47 Å². The van der Waals surface area contributed by atoms with Crippen molar-refractivity contribution in [2.75, 3.05) is 18.1 Å². The second-order valence-electron chi connectivity index (χ2n) is 7.60. The molecule has 160 valence electrons. The summed E-state index contributed by atoms with van der Waals surface area (Å²) in [5.41, 5.74) is 1.99. The molecule has 1 unspecified atom stereocenters. The average molecular weight is 401 g/mol. The van der Waals surface area contributed by atoms with Crippen LogP contribution in [0.15, 0.2) is 41.2 Å². The van der Waals surface area contributed by atoms with Crippen LogP contribution in [-0.2, 0) is 9.53 Å². The first-order chi connectivity index (χ1) is 14.1. The van der Waals surface area contributed by atoms with Crippen molar-refractivity contribution in [3.05, 3.63) is 36.2 Å². The van der Waals surface area contributed by atoms with Crippen molar-refractivity contribution >= 4 is 17.9 Å². The fourth-order valence-electron chi connectivity index (χ4n) is 3.27. The number of hydrogen-bond acceptors (Lipinski definition) is 5. The van der Waals surface area contributed by atoms with Crippen molar-refractivity contribution in [2.24, 2.45) is 4.99 Å². The van der Waals surface area contributed by atoms with Gasteiger partial charge in [-0.3, -0.25) is 9.79 Å². The number of carbonyl (C=O) groups is 1. The van der Waals surface area contributed by atoms with Crippen LogP contribution >= 0.6 is 0 Å². The molecule has 2 rings (SSSR count). The number of nitrogens with zero attached hydrogens (tertiary/aromatic N) is 2. The molecule has 0 aliphatic carbocycles. The van der Waals surface area contributed by atoms with Crippen LogP contribution in [0.2, 0.25) is 0 Å². The van der Waals surface area contributed by atoms with Crippen molar-refractivity contribution in [2.45, 2.75) is 78.2 Å². The zero-order chi connectivity index (χ0) is 20.9. The Balaban J connectivity index is 1.87. The van der Waals surface area contributed by atoms with Crippen LogP contribution in [0.1, 0.15) is 72.1 Å². The number of hydrogen-bond donors (Lipinski definition) is 0. The molecule has 5 heteroatoms. The lowest BCUT2D eigenvalue weighted by atomic mass is 10.2. The van der Waals surface area contributed by atoms with Crippen molar-refractivity contribution < 1.29 is 14.3 Å². The summed E-state index contributed by atoms with van der Waals surface area (Å²) in [5, 5.41) is 0. The molecule has 1 heterocycles. The van der Waals surface area contributed by atoms with Gasteiger partial charge in [-0.15, -0.1) is 0 Å². The lowest BCUT2D eigenvalue weighted by Gasteiger charge is -2.24. The second-order valence-corrected chi connectivity index (χ2v) is 7.60. The molecule has 5 nitrogen and oxygen atoms in total. The Kier molecular flexibility index (Phi) is 10.3. The molecule has 0 saturated heterocycles. The lowest BCUT2D eigenvalue weighted by molar-refractivity contribution is -0.148. The molecule has 0 amide bonds. The topological polar surface area (TPSA) is 51.1 Å². The quantitative estimate of drug-likeness (QED) is 0.306. The van der Waals surface area contributed by atoms with Gasteiger partial charge in [-0.2, -0.15) is 0 Å². The predicted octanol–water partition coefficient (Wildman–Crippen LogP) is 5.89. The van der Waals surface area contributed by atoms with E-state index in [0.29, 0.717) is 19.4 Å². The van der Waals surface area contributed by atoms with Gasteiger partial charge < -0.3 is 14.4 Å². The number of benzene rings is 1. The lowest BCUT2D eigenvalue weighted by Crippen LogP contribution is -2.23. The first kappa shape index (κ1) is 23.0. The van der Waals surface area contributed by atoms with Crippen LogP contribution in [0.4, 0.5) is 5.69 Å². The van der Waals surface area contributed by atoms with Crippen LogP contribution < -0.4 is 9.64 Å².